The Morgan fingerprint density at radius 3 is 3.31 bits per heavy atom. The van der Waals surface area contributed by atoms with Crippen molar-refractivity contribution in [2.45, 2.75) is 12.5 Å². The average Bonchev–Trinajstić information content (AvgIpc) is 2.36. The lowest BCUT2D eigenvalue weighted by atomic mass is 10.2. The number of allylic oxidation sites excluding steroid dienone is 2. The number of rotatable bonds is 1. The van der Waals surface area contributed by atoms with E-state index in [9.17, 15) is 4.79 Å². The Morgan fingerprint density at radius 1 is 1.69 bits per heavy atom. The molecular formula is C9H12N2O2. The lowest BCUT2D eigenvalue weighted by molar-refractivity contribution is -0.141. The molecule has 0 bridgehead atoms. The topological polar surface area (TPSA) is 52.6 Å². The van der Waals surface area contributed by atoms with Crippen LogP contribution in [0.4, 0.5) is 0 Å². The molecule has 1 saturated heterocycles. The van der Waals surface area contributed by atoms with Crippen LogP contribution < -0.4 is 5.32 Å². The molecule has 70 valence electrons. The first kappa shape index (κ1) is 8.16. The second kappa shape index (κ2) is 3.12. The largest absolute Gasteiger partial charge is 0.480 e. The van der Waals surface area contributed by atoms with E-state index in [1.807, 2.05) is 23.1 Å². The van der Waals surface area contributed by atoms with E-state index in [1.165, 1.54) is 0 Å². The fourth-order valence-electron chi connectivity index (χ4n) is 1.70. The maximum Gasteiger partial charge on any atom is 0.328 e. The van der Waals surface area contributed by atoms with Crippen molar-refractivity contribution in [3.8, 4) is 0 Å². The number of aliphatic carboxylic acids is 1. The van der Waals surface area contributed by atoms with Crippen LogP contribution in [0.3, 0.4) is 0 Å². The van der Waals surface area contributed by atoms with Gasteiger partial charge in [-0.05, 0) is 12.5 Å². The summed E-state index contributed by atoms with van der Waals surface area (Å²) < 4.78 is 0. The summed E-state index contributed by atoms with van der Waals surface area (Å²) in [5.41, 5.74) is 0. The van der Waals surface area contributed by atoms with Gasteiger partial charge in [-0.2, -0.15) is 0 Å². The van der Waals surface area contributed by atoms with E-state index < -0.39 is 12.0 Å². The molecule has 2 rings (SSSR count). The normalized spacial score (nSPS) is 26.0. The Bertz CT molecular complexity index is 283. The van der Waals surface area contributed by atoms with E-state index in [2.05, 4.69) is 5.32 Å². The highest BCUT2D eigenvalue weighted by Crippen LogP contribution is 2.17. The van der Waals surface area contributed by atoms with Gasteiger partial charge in [0.1, 0.15) is 11.9 Å². The van der Waals surface area contributed by atoms with Crippen LogP contribution in [0, 0.1) is 0 Å². The molecule has 0 aromatic heterocycles. The van der Waals surface area contributed by atoms with E-state index >= 15 is 0 Å². The van der Waals surface area contributed by atoms with Crippen LogP contribution in [0.1, 0.15) is 6.42 Å². The number of nitrogens with zero attached hydrogens (tertiary/aromatic N) is 1. The van der Waals surface area contributed by atoms with Gasteiger partial charge in [0.05, 0.1) is 0 Å². The third-order valence-electron chi connectivity index (χ3n) is 2.37. The lowest BCUT2D eigenvalue weighted by Gasteiger charge is -2.21. The smallest absolute Gasteiger partial charge is 0.328 e. The molecule has 0 aromatic rings. The van der Waals surface area contributed by atoms with E-state index in [4.69, 9.17) is 5.11 Å². The van der Waals surface area contributed by atoms with Crippen LogP contribution in [0.25, 0.3) is 0 Å². The van der Waals surface area contributed by atoms with Crippen molar-refractivity contribution < 1.29 is 9.90 Å². The van der Waals surface area contributed by atoms with Crippen molar-refractivity contribution in [2.75, 3.05) is 13.1 Å². The molecule has 13 heavy (non-hydrogen) atoms. The Kier molecular flexibility index (Phi) is 1.96. The van der Waals surface area contributed by atoms with E-state index in [0.717, 1.165) is 18.8 Å². The number of fused-ring (bicyclic) bond motifs is 1. The van der Waals surface area contributed by atoms with Gasteiger partial charge in [-0.15, -0.1) is 0 Å². The van der Waals surface area contributed by atoms with Gasteiger partial charge < -0.3 is 15.3 Å². The number of carboxylic acid groups (broad SMARTS) is 1. The van der Waals surface area contributed by atoms with Crippen molar-refractivity contribution in [1.82, 2.24) is 10.2 Å². The minimum absolute atomic E-state index is 0.397. The predicted octanol–water partition coefficient (Wildman–Crippen LogP) is 0.146. The SMILES string of the molecule is O=C(O)C1CNC2=CC=CCCN21. The van der Waals surface area contributed by atoms with Crippen LogP contribution >= 0.6 is 0 Å². The van der Waals surface area contributed by atoms with Gasteiger partial charge in [-0.3, -0.25) is 0 Å². The van der Waals surface area contributed by atoms with Gasteiger partial charge in [0, 0.05) is 13.1 Å². The first-order valence-electron chi connectivity index (χ1n) is 4.39. The molecule has 4 nitrogen and oxygen atoms in total. The highest BCUT2D eigenvalue weighted by Gasteiger charge is 2.32. The van der Waals surface area contributed by atoms with Gasteiger partial charge in [-0.1, -0.05) is 12.2 Å². The zero-order valence-corrected chi connectivity index (χ0v) is 7.23. The van der Waals surface area contributed by atoms with Gasteiger partial charge in [0.25, 0.3) is 0 Å². The molecule has 1 unspecified atom stereocenters. The van der Waals surface area contributed by atoms with Gasteiger partial charge >= 0.3 is 5.97 Å². The van der Waals surface area contributed by atoms with Crippen molar-refractivity contribution in [3.05, 3.63) is 24.0 Å². The van der Waals surface area contributed by atoms with E-state index in [0.29, 0.717) is 6.54 Å². The van der Waals surface area contributed by atoms with Gasteiger partial charge in [-0.25, -0.2) is 4.79 Å². The van der Waals surface area contributed by atoms with Crippen molar-refractivity contribution in [2.24, 2.45) is 0 Å². The summed E-state index contributed by atoms with van der Waals surface area (Å²) in [6.07, 6.45) is 6.85. The molecule has 0 aromatic carbocycles. The predicted molar refractivity (Wildman–Crippen MR) is 48.0 cm³/mol. The summed E-state index contributed by atoms with van der Waals surface area (Å²) in [6, 6.07) is -0.397. The third kappa shape index (κ3) is 1.39. The summed E-state index contributed by atoms with van der Waals surface area (Å²) in [4.78, 5) is 12.7. The number of carboxylic acids is 1. The highest BCUT2D eigenvalue weighted by molar-refractivity contribution is 5.75. The maximum absolute atomic E-state index is 10.8. The van der Waals surface area contributed by atoms with Crippen molar-refractivity contribution in [3.63, 3.8) is 0 Å². The van der Waals surface area contributed by atoms with Crippen LogP contribution in [-0.4, -0.2) is 35.1 Å². The zero-order valence-electron chi connectivity index (χ0n) is 7.23. The fraction of sp³-hybridized carbons (Fsp3) is 0.444. The van der Waals surface area contributed by atoms with Crippen LogP contribution in [-0.2, 0) is 4.79 Å². The molecule has 0 saturated carbocycles. The molecule has 0 aliphatic carbocycles. The van der Waals surface area contributed by atoms with Gasteiger partial charge in [0.2, 0.25) is 0 Å². The molecule has 0 radical (unpaired) electrons. The molecule has 0 amide bonds. The quantitative estimate of drug-likeness (QED) is 0.603. The first-order valence-corrected chi connectivity index (χ1v) is 4.39. The second-order valence-corrected chi connectivity index (χ2v) is 3.20. The van der Waals surface area contributed by atoms with E-state index in [1.54, 1.807) is 0 Å². The molecule has 2 aliphatic rings. The summed E-state index contributed by atoms with van der Waals surface area (Å²) in [6.45, 7) is 1.29. The molecule has 1 atom stereocenters. The molecule has 1 fully saturated rings. The zero-order chi connectivity index (χ0) is 9.26. The van der Waals surface area contributed by atoms with E-state index in [-0.39, 0.29) is 0 Å². The molecule has 4 heteroatoms. The number of carbonyl (C=O) groups is 1. The summed E-state index contributed by atoms with van der Waals surface area (Å²) in [7, 11) is 0. The first-order chi connectivity index (χ1) is 6.29. The number of hydrogen-bond donors (Lipinski definition) is 2. The molecule has 2 aliphatic heterocycles. The van der Waals surface area contributed by atoms with Gasteiger partial charge in [0.15, 0.2) is 0 Å². The van der Waals surface area contributed by atoms with Crippen LogP contribution in [0.15, 0.2) is 24.0 Å². The van der Waals surface area contributed by atoms with Crippen LogP contribution in [0.2, 0.25) is 0 Å². The fourth-order valence-corrected chi connectivity index (χ4v) is 1.70. The Balaban J connectivity index is 2.19. The Labute approximate surface area is 76.5 Å². The molecule has 2 heterocycles. The lowest BCUT2D eigenvalue weighted by Crippen LogP contribution is -2.37. The second-order valence-electron chi connectivity index (χ2n) is 3.20. The minimum Gasteiger partial charge on any atom is -0.480 e. The third-order valence-corrected chi connectivity index (χ3v) is 2.37. The maximum atomic E-state index is 10.8. The number of nitrogens with one attached hydrogen (secondary N) is 1. The highest BCUT2D eigenvalue weighted by atomic mass is 16.4. The number of hydrogen-bond acceptors (Lipinski definition) is 3. The summed E-state index contributed by atoms with van der Waals surface area (Å²) >= 11 is 0. The summed E-state index contributed by atoms with van der Waals surface area (Å²) in [5.74, 6) is 0.180. The summed E-state index contributed by atoms with van der Waals surface area (Å²) in [5, 5.41) is 12.0. The van der Waals surface area contributed by atoms with Crippen LogP contribution in [0.5, 0.6) is 0 Å². The Morgan fingerprint density at radius 2 is 2.54 bits per heavy atom. The molecule has 0 spiro atoms. The monoisotopic (exact) mass is 180 g/mol. The minimum atomic E-state index is -0.752. The van der Waals surface area contributed by atoms with Crippen molar-refractivity contribution >= 4 is 5.97 Å². The Hall–Kier alpha value is -1.45. The average molecular weight is 180 g/mol. The standard InChI is InChI=1S/C9H12N2O2/c12-9(13)7-6-10-8-4-2-1-3-5-11(7)8/h1-2,4,7,10H,3,5-6H2,(H,12,13). The molecular weight excluding hydrogens is 168 g/mol. The molecule has 2 N–H and O–H groups in total. The van der Waals surface area contributed by atoms with Crippen molar-refractivity contribution in [1.29, 1.82) is 0 Å².